The highest BCUT2D eigenvalue weighted by Crippen LogP contribution is 2.53. The van der Waals surface area contributed by atoms with Crippen LogP contribution in [0, 0.1) is 5.92 Å². The summed E-state index contributed by atoms with van der Waals surface area (Å²) in [6.07, 6.45) is 0. The molecule has 3 heterocycles. The predicted molar refractivity (Wildman–Crippen MR) is 113 cm³/mol. The molecule has 2 aliphatic rings. The van der Waals surface area contributed by atoms with Crippen LogP contribution in [0.4, 0.5) is 5.69 Å². The molecule has 28 heavy (non-hydrogen) atoms. The highest BCUT2D eigenvalue weighted by atomic mass is 79.9. The molecule has 0 radical (unpaired) electrons. The number of imide groups is 1. The Morgan fingerprint density at radius 2 is 1.75 bits per heavy atom. The number of carbonyl (C=O) groups is 2. The summed E-state index contributed by atoms with van der Waals surface area (Å²) in [7, 11) is 0. The van der Waals surface area contributed by atoms with Crippen LogP contribution in [0.3, 0.4) is 0 Å². The lowest BCUT2D eigenvalue weighted by Crippen LogP contribution is -2.32. The van der Waals surface area contributed by atoms with E-state index in [1.54, 1.807) is 12.1 Å². The van der Waals surface area contributed by atoms with Gasteiger partial charge in [-0.2, -0.15) is 0 Å². The summed E-state index contributed by atoms with van der Waals surface area (Å²) in [4.78, 5) is 43.5. The minimum Gasteiger partial charge on any atom is -0.307 e. The average molecular weight is 473 g/mol. The number of hydrogen-bond donors (Lipinski definition) is 1. The molecule has 1 aromatic heterocycles. The number of amides is 2. The van der Waals surface area contributed by atoms with Gasteiger partial charge in [-0.1, -0.05) is 69.4 Å². The predicted octanol–water partition coefficient (Wildman–Crippen LogP) is 3.99. The van der Waals surface area contributed by atoms with Crippen LogP contribution in [0.15, 0.2) is 68.9 Å². The fraction of sp³-hybridized carbons (Fsp3) is 0.150. The van der Waals surface area contributed by atoms with Crippen LogP contribution < -0.4 is 9.77 Å². The molecule has 8 heteroatoms. The second-order valence-electron chi connectivity index (χ2n) is 6.65. The van der Waals surface area contributed by atoms with Crippen molar-refractivity contribution in [1.82, 2.24) is 4.98 Å². The number of aromatic nitrogens is 1. The van der Waals surface area contributed by atoms with Gasteiger partial charge in [0.1, 0.15) is 5.25 Å². The molecule has 2 aliphatic heterocycles. The number of thiazole rings is 1. The highest BCUT2D eigenvalue weighted by molar-refractivity contribution is 9.10. The summed E-state index contributed by atoms with van der Waals surface area (Å²) < 4.78 is 0.890. The molecule has 2 amide bonds. The second-order valence-corrected chi connectivity index (χ2v) is 9.73. The number of fused-ring (bicyclic) bond motifs is 2. The van der Waals surface area contributed by atoms with E-state index in [4.69, 9.17) is 0 Å². The zero-order valence-corrected chi connectivity index (χ0v) is 17.5. The van der Waals surface area contributed by atoms with Crippen LogP contribution in [-0.2, 0) is 9.59 Å². The van der Waals surface area contributed by atoms with E-state index >= 15 is 0 Å². The molecule has 5 rings (SSSR count). The minimum absolute atomic E-state index is 0.169. The van der Waals surface area contributed by atoms with E-state index < -0.39 is 11.2 Å². The van der Waals surface area contributed by atoms with E-state index in [2.05, 4.69) is 20.9 Å². The Kier molecular flexibility index (Phi) is 4.30. The van der Waals surface area contributed by atoms with Crippen molar-refractivity contribution in [2.45, 2.75) is 16.2 Å². The Bertz CT molecular complexity index is 1160. The summed E-state index contributed by atoms with van der Waals surface area (Å²) in [5, 5.41) is 0.131. The number of carbonyl (C=O) groups excluding carboxylic acids is 2. The Balaban J connectivity index is 1.68. The zero-order chi connectivity index (χ0) is 19.4. The number of aromatic amines is 1. The molecule has 5 nitrogen and oxygen atoms in total. The SMILES string of the molecule is O=C1C2Sc3[nH]c(=O)sc3C(c3cccc(Br)c3)C2C(=O)N1c1ccccc1. The molecule has 1 N–H and O–H groups in total. The first kappa shape index (κ1) is 17.9. The number of nitrogens with one attached hydrogen (secondary N) is 1. The molecule has 3 aromatic rings. The second kappa shape index (κ2) is 6.72. The van der Waals surface area contributed by atoms with E-state index in [1.165, 1.54) is 16.7 Å². The topological polar surface area (TPSA) is 70.2 Å². The van der Waals surface area contributed by atoms with Crippen LogP contribution in [0.2, 0.25) is 0 Å². The maximum absolute atomic E-state index is 13.4. The van der Waals surface area contributed by atoms with Gasteiger partial charge in [0.05, 0.1) is 16.6 Å². The Labute approximate surface area is 176 Å². The van der Waals surface area contributed by atoms with E-state index in [0.717, 1.165) is 26.3 Å². The van der Waals surface area contributed by atoms with Gasteiger partial charge in [0.2, 0.25) is 11.8 Å². The molecule has 2 aromatic carbocycles. The summed E-state index contributed by atoms with van der Waals surface area (Å²) in [5.41, 5.74) is 1.49. The number of hydrogen-bond acceptors (Lipinski definition) is 5. The Morgan fingerprint density at radius 1 is 0.964 bits per heavy atom. The van der Waals surface area contributed by atoms with Crippen molar-refractivity contribution in [3.05, 3.63) is 79.2 Å². The summed E-state index contributed by atoms with van der Waals surface area (Å²) in [5.74, 6) is -1.34. The lowest BCUT2D eigenvalue weighted by Gasteiger charge is -2.29. The van der Waals surface area contributed by atoms with Crippen LogP contribution in [0.25, 0.3) is 0 Å². The van der Waals surface area contributed by atoms with E-state index in [9.17, 15) is 14.4 Å². The molecule has 0 saturated carbocycles. The lowest BCUT2D eigenvalue weighted by molar-refractivity contribution is -0.122. The molecule has 0 aliphatic carbocycles. The highest BCUT2D eigenvalue weighted by Gasteiger charge is 2.56. The van der Waals surface area contributed by atoms with Gasteiger partial charge in [-0.15, -0.1) is 0 Å². The fourth-order valence-electron chi connectivity index (χ4n) is 3.91. The van der Waals surface area contributed by atoms with Crippen LogP contribution in [0.1, 0.15) is 16.4 Å². The average Bonchev–Trinajstić information content (AvgIpc) is 3.17. The van der Waals surface area contributed by atoms with Crippen LogP contribution in [-0.4, -0.2) is 22.0 Å². The van der Waals surface area contributed by atoms with Gasteiger partial charge in [0.25, 0.3) is 0 Å². The van der Waals surface area contributed by atoms with Gasteiger partial charge in [-0.25, -0.2) is 4.90 Å². The van der Waals surface area contributed by atoms with Crippen molar-refractivity contribution in [3.63, 3.8) is 0 Å². The number of nitrogens with zero attached hydrogens (tertiary/aromatic N) is 1. The summed E-state index contributed by atoms with van der Waals surface area (Å²) in [6, 6.07) is 16.7. The van der Waals surface area contributed by atoms with Gasteiger partial charge in [0, 0.05) is 15.3 Å². The molecule has 3 atom stereocenters. The molecule has 0 bridgehead atoms. The molecule has 3 unspecified atom stereocenters. The standard InChI is InChI=1S/C20H13BrN2O3S2/c21-11-6-4-5-10(9-11)13-14-16(27-17-15(13)28-20(26)22-17)19(25)23(18(14)24)12-7-2-1-3-8-12/h1-9,13-14,16H,(H,22,26). The van der Waals surface area contributed by atoms with Crippen molar-refractivity contribution in [2.75, 3.05) is 4.90 Å². The summed E-state index contributed by atoms with van der Waals surface area (Å²) in [6.45, 7) is 0. The number of thioether (sulfide) groups is 1. The molecule has 140 valence electrons. The molecular weight excluding hydrogens is 460 g/mol. The number of para-hydroxylation sites is 1. The maximum Gasteiger partial charge on any atom is 0.305 e. The third-order valence-electron chi connectivity index (χ3n) is 5.05. The number of halogens is 1. The first-order valence-corrected chi connectivity index (χ1v) is 11.1. The molecule has 1 saturated heterocycles. The van der Waals surface area contributed by atoms with Crippen molar-refractivity contribution in [2.24, 2.45) is 5.92 Å². The Hall–Kier alpha value is -2.16. The largest absolute Gasteiger partial charge is 0.307 e. The van der Waals surface area contributed by atoms with Gasteiger partial charge < -0.3 is 4.98 Å². The van der Waals surface area contributed by atoms with E-state index in [0.29, 0.717) is 10.7 Å². The van der Waals surface area contributed by atoms with Crippen LogP contribution >= 0.6 is 39.0 Å². The first-order chi connectivity index (χ1) is 13.5. The number of benzene rings is 2. The van der Waals surface area contributed by atoms with Crippen molar-refractivity contribution < 1.29 is 9.59 Å². The van der Waals surface area contributed by atoms with Gasteiger partial charge in [0.15, 0.2) is 0 Å². The lowest BCUT2D eigenvalue weighted by atomic mass is 9.83. The first-order valence-electron chi connectivity index (χ1n) is 8.62. The zero-order valence-electron chi connectivity index (χ0n) is 14.3. The van der Waals surface area contributed by atoms with Gasteiger partial charge >= 0.3 is 4.87 Å². The molecule has 0 spiro atoms. The number of rotatable bonds is 2. The summed E-state index contributed by atoms with van der Waals surface area (Å²) >= 11 is 5.90. The third-order valence-corrected chi connectivity index (χ3v) is 7.94. The maximum atomic E-state index is 13.4. The third kappa shape index (κ3) is 2.70. The molecular formula is C20H13BrN2O3S2. The fourth-order valence-corrected chi connectivity index (χ4v) is 6.84. The number of anilines is 1. The number of H-pyrrole nitrogens is 1. The Morgan fingerprint density at radius 3 is 2.50 bits per heavy atom. The van der Waals surface area contributed by atoms with E-state index in [-0.39, 0.29) is 22.6 Å². The normalized spacial score (nSPS) is 23.6. The van der Waals surface area contributed by atoms with E-state index in [1.807, 2.05) is 42.5 Å². The van der Waals surface area contributed by atoms with Gasteiger partial charge in [-0.05, 0) is 29.8 Å². The molecule has 1 fully saturated rings. The quantitative estimate of drug-likeness (QED) is 0.572. The van der Waals surface area contributed by atoms with Crippen LogP contribution in [0.5, 0.6) is 0 Å². The van der Waals surface area contributed by atoms with Crippen molar-refractivity contribution in [3.8, 4) is 0 Å². The van der Waals surface area contributed by atoms with Gasteiger partial charge in [-0.3, -0.25) is 14.4 Å². The van der Waals surface area contributed by atoms with Crippen molar-refractivity contribution >= 4 is 56.5 Å². The minimum atomic E-state index is -0.561. The van der Waals surface area contributed by atoms with Crippen molar-refractivity contribution in [1.29, 1.82) is 0 Å². The smallest absolute Gasteiger partial charge is 0.305 e. The monoisotopic (exact) mass is 472 g/mol.